The van der Waals surface area contributed by atoms with Crippen molar-refractivity contribution >= 4 is 11.6 Å². The third-order valence-electron chi connectivity index (χ3n) is 2.75. The highest BCUT2D eigenvalue weighted by molar-refractivity contribution is 6.31. The van der Waals surface area contributed by atoms with Crippen LogP contribution in [0.15, 0.2) is 6.20 Å². The van der Waals surface area contributed by atoms with Crippen LogP contribution in [0.25, 0.3) is 0 Å². The summed E-state index contributed by atoms with van der Waals surface area (Å²) in [5.41, 5.74) is 1.17. The molecule has 1 atom stereocenters. The molecule has 1 rings (SSSR count). The van der Waals surface area contributed by atoms with Gasteiger partial charge in [-0.15, -0.1) is 0 Å². The first-order valence-corrected chi connectivity index (χ1v) is 6.86. The van der Waals surface area contributed by atoms with E-state index in [4.69, 9.17) is 11.6 Å². The molecule has 4 heteroatoms. The van der Waals surface area contributed by atoms with Gasteiger partial charge in [-0.3, -0.25) is 4.68 Å². The molecule has 1 N–H and O–H groups in total. The highest BCUT2D eigenvalue weighted by atomic mass is 35.5. The highest BCUT2D eigenvalue weighted by Crippen LogP contribution is 2.19. The average molecular weight is 258 g/mol. The minimum Gasteiger partial charge on any atom is -0.314 e. The van der Waals surface area contributed by atoms with Crippen LogP contribution in [0.5, 0.6) is 0 Å². The lowest BCUT2D eigenvalue weighted by Gasteiger charge is -2.16. The lowest BCUT2D eigenvalue weighted by molar-refractivity contribution is 0.457. The summed E-state index contributed by atoms with van der Waals surface area (Å²) in [7, 11) is 0. The molecule has 0 aliphatic rings. The van der Waals surface area contributed by atoms with Gasteiger partial charge in [0.25, 0.3) is 0 Å². The monoisotopic (exact) mass is 257 g/mol. The molecule has 0 amide bonds. The van der Waals surface area contributed by atoms with E-state index in [0.717, 1.165) is 31.0 Å². The minimum atomic E-state index is 0.536. The molecule has 1 aromatic heterocycles. The van der Waals surface area contributed by atoms with E-state index < -0.39 is 0 Å². The maximum absolute atomic E-state index is 6.18. The molecule has 0 saturated heterocycles. The van der Waals surface area contributed by atoms with Crippen LogP contribution in [0.1, 0.15) is 39.8 Å². The van der Waals surface area contributed by atoms with E-state index in [9.17, 15) is 0 Å². The molecule has 1 heterocycles. The van der Waals surface area contributed by atoms with Crippen molar-refractivity contribution < 1.29 is 0 Å². The molecule has 0 saturated carbocycles. The van der Waals surface area contributed by atoms with Gasteiger partial charge in [-0.05, 0) is 25.3 Å². The first-order chi connectivity index (χ1) is 8.04. The summed E-state index contributed by atoms with van der Waals surface area (Å²) < 4.78 is 2.04. The van der Waals surface area contributed by atoms with Crippen LogP contribution >= 0.6 is 11.6 Å². The Hall–Kier alpha value is -0.540. The van der Waals surface area contributed by atoms with Crippen LogP contribution in [-0.2, 0) is 13.0 Å². The number of hydrogen-bond acceptors (Lipinski definition) is 2. The van der Waals surface area contributed by atoms with Crippen LogP contribution in [0.4, 0.5) is 0 Å². The topological polar surface area (TPSA) is 29.9 Å². The number of aromatic nitrogens is 2. The number of halogens is 1. The smallest absolute Gasteiger partial charge is 0.0817 e. The maximum atomic E-state index is 6.18. The van der Waals surface area contributed by atoms with Crippen molar-refractivity contribution in [3.8, 4) is 0 Å². The van der Waals surface area contributed by atoms with Crippen molar-refractivity contribution in [3.05, 3.63) is 16.9 Å². The van der Waals surface area contributed by atoms with Crippen molar-refractivity contribution in [2.24, 2.45) is 5.92 Å². The number of nitrogens with zero attached hydrogens (tertiary/aromatic N) is 2. The van der Waals surface area contributed by atoms with Gasteiger partial charge < -0.3 is 5.32 Å². The van der Waals surface area contributed by atoms with Crippen molar-refractivity contribution in [1.82, 2.24) is 15.1 Å². The van der Waals surface area contributed by atoms with Gasteiger partial charge in [-0.25, -0.2) is 0 Å². The Balaban J connectivity index is 2.57. The molecule has 0 aromatic carbocycles. The van der Waals surface area contributed by atoms with E-state index in [1.165, 1.54) is 5.69 Å². The predicted molar refractivity (Wildman–Crippen MR) is 73.5 cm³/mol. The van der Waals surface area contributed by atoms with E-state index in [0.29, 0.717) is 12.0 Å². The lowest BCUT2D eigenvalue weighted by Crippen LogP contribution is -2.29. The molecule has 0 spiro atoms. The van der Waals surface area contributed by atoms with Crippen LogP contribution < -0.4 is 5.32 Å². The van der Waals surface area contributed by atoms with Gasteiger partial charge in [0.15, 0.2) is 0 Å². The zero-order valence-electron chi connectivity index (χ0n) is 11.3. The largest absolute Gasteiger partial charge is 0.314 e. The van der Waals surface area contributed by atoms with Gasteiger partial charge in [0.05, 0.1) is 16.9 Å². The molecule has 0 aliphatic heterocycles. The van der Waals surface area contributed by atoms with Gasteiger partial charge in [0, 0.05) is 12.6 Å². The Morgan fingerprint density at radius 2 is 2.12 bits per heavy atom. The Morgan fingerprint density at radius 1 is 1.41 bits per heavy atom. The number of aryl methyl sites for hydroxylation is 1. The maximum Gasteiger partial charge on any atom is 0.0817 e. The summed E-state index contributed by atoms with van der Waals surface area (Å²) in [6.45, 7) is 10.7. The quantitative estimate of drug-likeness (QED) is 0.813. The van der Waals surface area contributed by atoms with E-state index in [2.05, 4.69) is 38.1 Å². The van der Waals surface area contributed by atoms with E-state index in [-0.39, 0.29) is 0 Å². The molecule has 1 aromatic rings. The summed E-state index contributed by atoms with van der Waals surface area (Å²) >= 11 is 6.18. The fraction of sp³-hybridized carbons (Fsp3) is 0.769. The lowest BCUT2D eigenvalue weighted by atomic mass is 10.1. The summed E-state index contributed by atoms with van der Waals surface area (Å²) in [5.74, 6) is 0.571. The SMILES string of the molecule is CCCn1ncc(Cl)c1CC(C)CNC(C)C. The Labute approximate surface area is 110 Å². The summed E-state index contributed by atoms with van der Waals surface area (Å²) in [4.78, 5) is 0. The molecular formula is C13H24ClN3. The van der Waals surface area contributed by atoms with Gasteiger partial charge in [0.1, 0.15) is 0 Å². The summed E-state index contributed by atoms with van der Waals surface area (Å²) in [6.07, 6.45) is 3.83. The second-order valence-corrected chi connectivity index (χ2v) is 5.44. The second-order valence-electron chi connectivity index (χ2n) is 5.03. The van der Waals surface area contributed by atoms with Gasteiger partial charge in [-0.1, -0.05) is 39.3 Å². The molecule has 0 aliphatic carbocycles. The number of rotatable bonds is 7. The number of nitrogens with one attached hydrogen (secondary N) is 1. The first kappa shape index (κ1) is 14.5. The van der Waals surface area contributed by atoms with E-state index in [1.807, 2.05) is 4.68 Å². The average Bonchev–Trinajstić information content (AvgIpc) is 2.59. The molecule has 3 nitrogen and oxygen atoms in total. The first-order valence-electron chi connectivity index (χ1n) is 6.48. The highest BCUT2D eigenvalue weighted by Gasteiger charge is 2.12. The Bertz CT molecular complexity index is 333. The van der Waals surface area contributed by atoms with Crippen molar-refractivity contribution in [3.63, 3.8) is 0 Å². The van der Waals surface area contributed by atoms with Crippen molar-refractivity contribution in [1.29, 1.82) is 0 Å². The summed E-state index contributed by atoms with van der Waals surface area (Å²) in [5, 5.41) is 8.57. The zero-order chi connectivity index (χ0) is 12.8. The molecule has 0 radical (unpaired) electrons. The van der Waals surface area contributed by atoms with Crippen LogP contribution in [-0.4, -0.2) is 22.4 Å². The third-order valence-corrected chi connectivity index (χ3v) is 3.07. The molecular weight excluding hydrogens is 234 g/mol. The number of hydrogen-bond donors (Lipinski definition) is 1. The molecule has 0 bridgehead atoms. The normalized spacial score (nSPS) is 13.3. The van der Waals surface area contributed by atoms with Crippen molar-refractivity contribution in [2.75, 3.05) is 6.54 Å². The molecule has 0 fully saturated rings. The Morgan fingerprint density at radius 3 is 2.71 bits per heavy atom. The van der Waals surface area contributed by atoms with E-state index >= 15 is 0 Å². The molecule has 1 unspecified atom stereocenters. The molecule has 98 valence electrons. The fourth-order valence-corrected chi connectivity index (χ4v) is 2.05. The van der Waals surface area contributed by atoms with Crippen LogP contribution in [0.3, 0.4) is 0 Å². The van der Waals surface area contributed by atoms with Gasteiger partial charge >= 0.3 is 0 Å². The van der Waals surface area contributed by atoms with Gasteiger partial charge in [0.2, 0.25) is 0 Å². The van der Waals surface area contributed by atoms with Crippen LogP contribution in [0, 0.1) is 5.92 Å². The summed E-state index contributed by atoms with van der Waals surface area (Å²) in [6, 6.07) is 0.536. The standard InChI is InChI=1S/C13H24ClN3/c1-5-6-17-13(12(14)9-16-17)7-11(4)8-15-10(2)3/h9-11,15H,5-8H2,1-4H3. The minimum absolute atomic E-state index is 0.536. The fourth-order valence-electron chi connectivity index (χ4n) is 1.83. The Kier molecular flexibility index (Phi) is 6.00. The second kappa shape index (κ2) is 7.02. The third kappa shape index (κ3) is 4.68. The predicted octanol–water partition coefficient (Wildman–Crippen LogP) is 3.12. The van der Waals surface area contributed by atoms with Crippen LogP contribution in [0.2, 0.25) is 5.02 Å². The zero-order valence-corrected chi connectivity index (χ0v) is 12.1. The van der Waals surface area contributed by atoms with Gasteiger partial charge in [-0.2, -0.15) is 5.10 Å². The molecule has 17 heavy (non-hydrogen) atoms. The van der Waals surface area contributed by atoms with E-state index in [1.54, 1.807) is 6.20 Å². The van der Waals surface area contributed by atoms with Crippen molar-refractivity contribution in [2.45, 2.75) is 53.1 Å².